The highest BCUT2D eigenvalue weighted by atomic mass is 32.2. The molecular formula is C14H10N2O4S. The lowest BCUT2D eigenvalue weighted by Crippen LogP contribution is -2.14. The fourth-order valence-corrected chi connectivity index (χ4v) is 3.70. The summed E-state index contributed by atoms with van der Waals surface area (Å²) < 4.78 is 26.2. The van der Waals surface area contributed by atoms with Crippen molar-refractivity contribution >= 4 is 26.7 Å². The van der Waals surface area contributed by atoms with Crippen LogP contribution in [0.25, 0.3) is 10.9 Å². The summed E-state index contributed by atoms with van der Waals surface area (Å²) in [4.78, 5) is 10.5. The summed E-state index contributed by atoms with van der Waals surface area (Å²) >= 11 is 0. The predicted octanol–water partition coefficient (Wildman–Crippen LogP) is 2.79. The van der Waals surface area contributed by atoms with Crippen molar-refractivity contribution in [2.24, 2.45) is 0 Å². The Morgan fingerprint density at radius 1 is 0.952 bits per heavy atom. The van der Waals surface area contributed by atoms with Gasteiger partial charge >= 0.3 is 15.8 Å². The molecule has 0 atom stereocenters. The maximum atomic E-state index is 12.7. The summed E-state index contributed by atoms with van der Waals surface area (Å²) in [5.74, 6) is -0.472. The number of nitro groups is 1. The molecular weight excluding hydrogens is 292 g/mol. The van der Waals surface area contributed by atoms with Gasteiger partial charge in [-0.05, 0) is 23.1 Å². The zero-order chi connectivity index (χ0) is 15.0. The van der Waals surface area contributed by atoms with Crippen molar-refractivity contribution in [3.05, 3.63) is 70.8 Å². The Morgan fingerprint density at radius 2 is 1.57 bits per heavy atom. The van der Waals surface area contributed by atoms with Crippen molar-refractivity contribution in [3.63, 3.8) is 0 Å². The lowest BCUT2D eigenvalue weighted by atomic mass is 10.2. The molecule has 0 saturated carbocycles. The van der Waals surface area contributed by atoms with Crippen molar-refractivity contribution in [2.45, 2.75) is 4.90 Å². The number of rotatable bonds is 3. The van der Waals surface area contributed by atoms with Crippen molar-refractivity contribution < 1.29 is 13.3 Å². The monoisotopic (exact) mass is 302 g/mol. The fraction of sp³-hybridized carbons (Fsp3) is 0. The summed E-state index contributed by atoms with van der Waals surface area (Å²) in [6.45, 7) is 0. The van der Waals surface area contributed by atoms with Crippen LogP contribution in [0.2, 0.25) is 0 Å². The molecule has 7 heteroatoms. The first-order chi connectivity index (χ1) is 10.0. The second-order valence-electron chi connectivity index (χ2n) is 4.40. The van der Waals surface area contributed by atoms with Crippen LogP contribution >= 0.6 is 0 Å². The SMILES string of the molecule is O=[N+]([O-])c1cc2ccccc2n1S(=O)(=O)c1ccccc1. The average Bonchev–Trinajstić information content (AvgIpc) is 2.88. The van der Waals surface area contributed by atoms with Gasteiger partial charge in [-0.15, -0.1) is 3.97 Å². The first kappa shape index (κ1) is 13.3. The Kier molecular flexibility index (Phi) is 2.99. The zero-order valence-corrected chi connectivity index (χ0v) is 11.5. The quantitative estimate of drug-likeness (QED) is 0.550. The van der Waals surface area contributed by atoms with E-state index in [0.29, 0.717) is 5.39 Å². The van der Waals surface area contributed by atoms with Crippen LogP contribution in [0.1, 0.15) is 0 Å². The molecule has 3 aromatic rings. The van der Waals surface area contributed by atoms with E-state index in [-0.39, 0.29) is 10.4 Å². The summed E-state index contributed by atoms with van der Waals surface area (Å²) in [6.07, 6.45) is 0. The Labute approximate surface area is 120 Å². The molecule has 0 aliphatic heterocycles. The Morgan fingerprint density at radius 3 is 2.24 bits per heavy atom. The zero-order valence-electron chi connectivity index (χ0n) is 10.7. The molecule has 0 fully saturated rings. The maximum Gasteiger partial charge on any atom is 0.339 e. The van der Waals surface area contributed by atoms with Gasteiger partial charge in [0.1, 0.15) is 4.90 Å². The largest absolute Gasteiger partial charge is 0.358 e. The van der Waals surface area contributed by atoms with Gasteiger partial charge in [0, 0.05) is 11.5 Å². The highest BCUT2D eigenvalue weighted by Crippen LogP contribution is 2.29. The van der Waals surface area contributed by atoms with Crippen LogP contribution in [0.4, 0.5) is 5.82 Å². The van der Waals surface area contributed by atoms with Crippen LogP contribution < -0.4 is 0 Å². The van der Waals surface area contributed by atoms with E-state index >= 15 is 0 Å². The first-order valence-electron chi connectivity index (χ1n) is 6.07. The van der Waals surface area contributed by atoms with E-state index in [1.54, 1.807) is 42.5 Å². The van der Waals surface area contributed by atoms with Crippen molar-refractivity contribution in [3.8, 4) is 0 Å². The van der Waals surface area contributed by atoms with Gasteiger partial charge in [-0.1, -0.05) is 36.4 Å². The molecule has 0 unspecified atom stereocenters. The molecule has 106 valence electrons. The number of hydrogen-bond acceptors (Lipinski definition) is 4. The fourth-order valence-electron chi connectivity index (χ4n) is 2.19. The molecule has 0 bridgehead atoms. The number of benzene rings is 2. The van der Waals surface area contributed by atoms with Gasteiger partial charge < -0.3 is 10.1 Å². The molecule has 1 heterocycles. The van der Waals surface area contributed by atoms with Gasteiger partial charge in [0.05, 0.1) is 0 Å². The topological polar surface area (TPSA) is 82.2 Å². The lowest BCUT2D eigenvalue weighted by Gasteiger charge is -2.04. The van der Waals surface area contributed by atoms with Crippen LogP contribution in [0, 0.1) is 10.1 Å². The molecule has 0 radical (unpaired) electrons. The summed E-state index contributed by atoms with van der Waals surface area (Å²) in [7, 11) is -4.02. The second-order valence-corrected chi connectivity index (χ2v) is 6.19. The average molecular weight is 302 g/mol. The smallest absolute Gasteiger partial charge is 0.339 e. The number of hydrogen-bond donors (Lipinski definition) is 0. The minimum Gasteiger partial charge on any atom is -0.358 e. The Bertz CT molecular complexity index is 930. The summed E-state index contributed by atoms with van der Waals surface area (Å²) in [5.41, 5.74) is 0.285. The van der Waals surface area contributed by atoms with E-state index in [0.717, 1.165) is 3.97 Å². The number of para-hydroxylation sites is 1. The molecule has 0 spiro atoms. The van der Waals surface area contributed by atoms with Gasteiger partial charge in [-0.25, -0.2) is 0 Å². The highest BCUT2D eigenvalue weighted by Gasteiger charge is 2.31. The Balaban J connectivity index is 2.39. The minimum absolute atomic E-state index is 0.00875. The normalized spacial score (nSPS) is 11.6. The first-order valence-corrected chi connectivity index (χ1v) is 7.51. The molecule has 6 nitrogen and oxygen atoms in total. The van der Waals surface area contributed by atoms with Crippen molar-refractivity contribution in [1.29, 1.82) is 0 Å². The van der Waals surface area contributed by atoms with Crippen LogP contribution in [-0.4, -0.2) is 17.3 Å². The van der Waals surface area contributed by atoms with E-state index in [4.69, 9.17) is 0 Å². The van der Waals surface area contributed by atoms with Gasteiger partial charge in [0.2, 0.25) is 0 Å². The van der Waals surface area contributed by atoms with Crippen LogP contribution in [0.15, 0.2) is 65.6 Å². The standard InChI is InChI=1S/C14H10N2O4S/c17-16(18)14-10-11-6-4-5-9-13(11)15(14)21(19,20)12-7-2-1-3-8-12/h1-10H. The third-order valence-electron chi connectivity index (χ3n) is 3.12. The third kappa shape index (κ3) is 2.07. The Hall–Kier alpha value is -2.67. The van der Waals surface area contributed by atoms with Crippen LogP contribution in [0.5, 0.6) is 0 Å². The molecule has 3 rings (SSSR count). The molecule has 0 amide bonds. The third-order valence-corrected chi connectivity index (χ3v) is 4.85. The second kappa shape index (κ2) is 4.71. The van der Waals surface area contributed by atoms with Gasteiger partial charge in [0.15, 0.2) is 5.52 Å². The van der Waals surface area contributed by atoms with E-state index in [1.807, 2.05) is 0 Å². The molecule has 2 aromatic carbocycles. The van der Waals surface area contributed by atoms with E-state index in [9.17, 15) is 18.5 Å². The van der Waals surface area contributed by atoms with E-state index in [1.165, 1.54) is 18.2 Å². The van der Waals surface area contributed by atoms with Gasteiger partial charge in [-0.3, -0.25) is 0 Å². The van der Waals surface area contributed by atoms with E-state index in [2.05, 4.69) is 0 Å². The molecule has 1 aromatic heterocycles. The van der Waals surface area contributed by atoms with Crippen LogP contribution in [-0.2, 0) is 10.0 Å². The lowest BCUT2D eigenvalue weighted by molar-refractivity contribution is -0.389. The molecule has 0 saturated heterocycles. The van der Waals surface area contributed by atoms with E-state index < -0.39 is 20.8 Å². The van der Waals surface area contributed by atoms with Crippen molar-refractivity contribution in [2.75, 3.05) is 0 Å². The minimum atomic E-state index is -4.02. The van der Waals surface area contributed by atoms with Gasteiger partial charge in [0.25, 0.3) is 0 Å². The molecule has 21 heavy (non-hydrogen) atoms. The van der Waals surface area contributed by atoms with Crippen molar-refractivity contribution in [1.82, 2.24) is 3.97 Å². The summed E-state index contributed by atoms with van der Waals surface area (Å²) in [6, 6.07) is 15.4. The van der Waals surface area contributed by atoms with Gasteiger partial charge in [-0.2, -0.15) is 8.42 Å². The molecule has 0 aliphatic carbocycles. The summed E-state index contributed by atoms with van der Waals surface area (Å²) in [5, 5.41) is 11.7. The predicted molar refractivity (Wildman–Crippen MR) is 77.6 cm³/mol. The number of fused-ring (bicyclic) bond motifs is 1. The molecule has 0 N–H and O–H groups in total. The van der Waals surface area contributed by atoms with Crippen LogP contribution in [0.3, 0.4) is 0 Å². The molecule has 0 aliphatic rings. The number of nitrogens with zero attached hydrogens (tertiary/aromatic N) is 2. The number of aromatic nitrogens is 1. The maximum absolute atomic E-state index is 12.7. The highest BCUT2D eigenvalue weighted by molar-refractivity contribution is 7.90.